The van der Waals surface area contributed by atoms with Gasteiger partial charge < -0.3 is 10.5 Å². The van der Waals surface area contributed by atoms with Crippen molar-refractivity contribution in [2.24, 2.45) is 0 Å². The number of aryl methyl sites for hydroxylation is 1. The van der Waals surface area contributed by atoms with Crippen molar-refractivity contribution in [2.45, 2.75) is 33.2 Å². The van der Waals surface area contributed by atoms with Crippen molar-refractivity contribution < 1.29 is 4.74 Å². The van der Waals surface area contributed by atoms with Crippen LogP contribution in [-0.4, -0.2) is 19.7 Å². The van der Waals surface area contributed by atoms with E-state index in [2.05, 4.69) is 22.0 Å². The normalized spacial score (nSPS) is 10.6. The maximum Gasteiger partial charge on any atom is 0.227 e. The lowest BCUT2D eigenvalue weighted by molar-refractivity contribution is 0.453. The molecule has 0 radical (unpaired) electrons. The van der Waals surface area contributed by atoms with Gasteiger partial charge in [0.1, 0.15) is 12.1 Å². The summed E-state index contributed by atoms with van der Waals surface area (Å²) in [5, 5.41) is 4.15. The Kier molecular flexibility index (Phi) is 3.76. The minimum atomic E-state index is 0.477. The predicted octanol–water partition coefficient (Wildman–Crippen LogP) is 2.02. The number of anilines is 1. The van der Waals surface area contributed by atoms with Crippen LogP contribution in [0.25, 0.3) is 0 Å². The van der Waals surface area contributed by atoms with Gasteiger partial charge in [-0.05, 0) is 13.3 Å². The van der Waals surface area contributed by atoms with Gasteiger partial charge in [0, 0.05) is 6.54 Å². The molecule has 0 spiro atoms. The van der Waals surface area contributed by atoms with Gasteiger partial charge >= 0.3 is 0 Å². The molecule has 0 aliphatic rings. The van der Waals surface area contributed by atoms with Crippen LogP contribution in [-0.2, 0) is 13.0 Å². The van der Waals surface area contributed by atoms with E-state index in [0.717, 1.165) is 24.9 Å². The molecule has 0 saturated carbocycles. The van der Waals surface area contributed by atoms with E-state index >= 15 is 0 Å². The lowest BCUT2D eigenvalue weighted by Crippen LogP contribution is -2.02. The lowest BCUT2D eigenvalue weighted by Gasteiger charge is -2.09. The maximum atomic E-state index is 5.84. The Morgan fingerprint density at radius 3 is 2.83 bits per heavy atom. The Labute approximate surface area is 106 Å². The number of hydrogen-bond acceptors (Lipinski definition) is 5. The van der Waals surface area contributed by atoms with Gasteiger partial charge in [0.25, 0.3) is 0 Å². The average molecular weight is 247 g/mol. The van der Waals surface area contributed by atoms with Crippen molar-refractivity contribution >= 4 is 5.82 Å². The Hall–Kier alpha value is -2.11. The number of rotatable bonds is 5. The van der Waals surface area contributed by atoms with E-state index in [1.165, 1.54) is 6.33 Å². The number of nitrogen functional groups attached to an aromatic ring is 1. The molecule has 2 aromatic rings. The van der Waals surface area contributed by atoms with E-state index in [1.807, 2.05) is 13.1 Å². The van der Waals surface area contributed by atoms with Gasteiger partial charge in [0.2, 0.25) is 5.88 Å². The summed E-state index contributed by atoms with van der Waals surface area (Å²) in [4.78, 5) is 8.13. The highest BCUT2D eigenvalue weighted by atomic mass is 16.5. The van der Waals surface area contributed by atoms with E-state index in [1.54, 1.807) is 10.9 Å². The van der Waals surface area contributed by atoms with Gasteiger partial charge in [-0.1, -0.05) is 13.3 Å². The van der Waals surface area contributed by atoms with Crippen molar-refractivity contribution in [3.8, 4) is 11.6 Å². The molecule has 2 N–H and O–H groups in total. The summed E-state index contributed by atoms with van der Waals surface area (Å²) in [6, 6.07) is 0. The van der Waals surface area contributed by atoms with Crippen molar-refractivity contribution in [1.29, 1.82) is 0 Å². The van der Waals surface area contributed by atoms with Crippen LogP contribution in [0.15, 0.2) is 18.7 Å². The average Bonchev–Trinajstić information content (AvgIpc) is 2.81. The highest BCUT2D eigenvalue weighted by molar-refractivity contribution is 5.45. The van der Waals surface area contributed by atoms with Crippen LogP contribution in [0.3, 0.4) is 0 Å². The fourth-order valence-corrected chi connectivity index (χ4v) is 1.66. The molecule has 0 aromatic carbocycles. The third-order valence-corrected chi connectivity index (χ3v) is 2.59. The molecule has 2 rings (SSSR count). The van der Waals surface area contributed by atoms with Gasteiger partial charge in [-0.25, -0.2) is 9.97 Å². The second-order valence-electron chi connectivity index (χ2n) is 3.93. The maximum absolute atomic E-state index is 5.84. The van der Waals surface area contributed by atoms with Crippen molar-refractivity contribution in [3.63, 3.8) is 0 Å². The zero-order chi connectivity index (χ0) is 13.0. The third-order valence-electron chi connectivity index (χ3n) is 2.59. The minimum absolute atomic E-state index is 0.477. The van der Waals surface area contributed by atoms with E-state index in [-0.39, 0.29) is 0 Å². The van der Waals surface area contributed by atoms with Gasteiger partial charge in [-0.3, -0.25) is 4.68 Å². The molecule has 0 atom stereocenters. The van der Waals surface area contributed by atoms with Crippen LogP contribution in [0, 0.1) is 0 Å². The fourth-order valence-electron chi connectivity index (χ4n) is 1.66. The molecule has 6 heteroatoms. The van der Waals surface area contributed by atoms with Crippen LogP contribution < -0.4 is 10.5 Å². The summed E-state index contributed by atoms with van der Waals surface area (Å²) in [6.45, 7) is 4.89. The number of nitrogens with zero attached hydrogens (tertiary/aromatic N) is 4. The molecule has 0 amide bonds. The van der Waals surface area contributed by atoms with E-state index < -0.39 is 0 Å². The van der Waals surface area contributed by atoms with Crippen LogP contribution in [0.5, 0.6) is 11.6 Å². The third kappa shape index (κ3) is 2.58. The molecule has 0 fully saturated rings. The summed E-state index contributed by atoms with van der Waals surface area (Å²) >= 11 is 0. The Morgan fingerprint density at radius 2 is 2.17 bits per heavy atom. The van der Waals surface area contributed by atoms with E-state index in [4.69, 9.17) is 10.5 Å². The first-order valence-corrected chi connectivity index (χ1v) is 6.04. The van der Waals surface area contributed by atoms with Crippen molar-refractivity contribution in [2.75, 3.05) is 5.73 Å². The second kappa shape index (κ2) is 5.48. The SMILES string of the molecule is CCCc1c(N)ncnc1Oc1cnn(CC)c1. The molecular formula is C12H17N5O. The summed E-state index contributed by atoms with van der Waals surface area (Å²) in [7, 11) is 0. The molecule has 0 bridgehead atoms. The number of aromatic nitrogens is 4. The molecule has 0 aliphatic heterocycles. The van der Waals surface area contributed by atoms with E-state index in [0.29, 0.717) is 17.4 Å². The standard InChI is InChI=1S/C12H17N5O/c1-3-5-10-11(13)14-8-15-12(10)18-9-6-16-17(4-2)7-9/h6-8H,3-5H2,1-2H3,(H2,13,14,15). The first-order valence-electron chi connectivity index (χ1n) is 6.04. The molecule has 2 heterocycles. The molecule has 18 heavy (non-hydrogen) atoms. The highest BCUT2D eigenvalue weighted by Gasteiger charge is 2.11. The molecular weight excluding hydrogens is 230 g/mol. The molecule has 96 valence electrons. The molecule has 0 saturated heterocycles. The zero-order valence-corrected chi connectivity index (χ0v) is 10.6. The van der Waals surface area contributed by atoms with Crippen molar-refractivity contribution in [1.82, 2.24) is 19.7 Å². The van der Waals surface area contributed by atoms with Crippen LogP contribution in [0.1, 0.15) is 25.8 Å². The summed E-state index contributed by atoms with van der Waals surface area (Å²) in [5.41, 5.74) is 6.69. The number of ether oxygens (including phenoxy) is 1. The zero-order valence-electron chi connectivity index (χ0n) is 10.6. The second-order valence-corrected chi connectivity index (χ2v) is 3.93. The largest absolute Gasteiger partial charge is 0.435 e. The molecule has 0 aliphatic carbocycles. The summed E-state index contributed by atoms with van der Waals surface area (Å²) in [5.74, 6) is 1.65. The van der Waals surface area contributed by atoms with Crippen molar-refractivity contribution in [3.05, 3.63) is 24.3 Å². The first kappa shape index (κ1) is 12.3. The molecule has 6 nitrogen and oxygen atoms in total. The monoisotopic (exact) mass is 247 g/mol. The number of nitrogens with two attached hydrogens (primary N) is 1. The Bertz CT molecular complexity index is 523. The predicted molar refractivity (Wildman–Crippen MR) is 68.4 cm³/mol. The van der Waals surface area contributed by atoms with Crippen LogP contribution in [0.4, 0.5) is 5.82 Å². The smallest absolute Gasteiger partial charge is 0.227 e. The quantitative estimate of drug-likeness (QED) is 0.874. The summed E-state index contributed by atoms with van der Waals surface area (Å²) in [6.07, 6.45) is 6.66. The van der Waals surface area contributed by atoms with Crippen LogP contribution >= 0.6 is 0 Å². The highest BCUT2D eigenvalue weighted by Crippen LogP contribution is 2.26. The van der Waals surface area contributed by atoms with Crippen LogP contribution in [0.2, 0.25) is 0 Å². The minimum Gasteiger partial charge on any atom is -0.435 e. The van der Waals surface area contributed by atoms with Gasteiger partial charge in [-0.2, -0.15) is 5.10 Å². The summed E-state index contributed by atoms with van der Waals surface area (Å²) < 4.78 is 7.50. The molecule has 2 aromatic heterocycles. The molecule has 0 unspecified atom stereocenters. The topological polar surface area (TPSA) is 78.8 Å². The number of hydrogen-bond donors (Lipinski definition) is 1. The van der Waals surface area contributed by atoms with Gasteiger partial charge in [-0.15, -0.1) is 0 Å². The Balaban J connectivity index is 2.25. The van der Waals surface area contributed by atoms with Gasteiger partial charge in [0.05, 0.1) is 18.0 Å². The van der Waals surface area contributed by atoms with Gasteiger partial charge in [0.15, 0.2) is 5.75 Å². The first-order chi connectivity index (χ1) is 8.74. The fraction of sp³-hybridized carbons (Fsp3) is 0.417. The Morgan fingerprint density at radius 1 is 1.33 bits per heavy atom. The lowest BCUT2D eigenvalue weighted by atomic mass is 10.2. The van der Waals surface area contributed by atoms with E-state index in [9.17, 15) is 0 Å².